The molecule has 1 aliphatic rings. The molecule has 1 aliphatic heterocycles. The molecule has 1 aromatic rings. The molecule has 3 amide bonds. The van der Waals surface area contributed by atoms with Crippen LogP contribution in [0.1, 0.15) is 16.7 Å². The minimum atomic E-state index is -0.613. The van der Waals surface area contributed by atoms with Crippen molar-refractivity contribution < 1.29 is 9.59 Å². The van der Waals surface area contributed by atoms with Crippen molar-refractivity contribution in [3.05, 3.63) is 16.1 Å². The predicted molar refractivity (Wildman–Crippen MR) is 46.3 cm³/mol. The maximum absolute atomic E-state index is 11.2. The van der Waals surface area contributed by atoms with Crippen molar-refractivity contribution in [2.24, 2.45) is 0 Å². The third-order valence-electron chi connectivity index (χ3n) is 1.71. The van der Waals surface area contributed by atoms with Crippen LogP contribution >= 0.6 is 11.3 Å². The lowest BCUT2D eigenvalue weighted by Gasteiger charge is -2.00. The van der Waals surface area contributed by atoms with Gasteiger partial charge >= 0.3 is 6.03 Å². The van der Waals surface area contributed by atoms with E-state index in [9.17, 15) is 9.59 Å². The maximum Gasteiger partial charge on any atom is 0.322 e. The summed E-state index contributed by atoms with van der Waals surface area (Å²) in [6, 6.07) is -1.07. The Labute approximate surface area is 78.2 Å². The van der Waals surface area contributed by atoms with Crippen LogP contribution in [0.4, 0.5) is 4.79 Å². The normalized spacial score (nSPS) is 21.5. The maximum atomic E-state index is 11.2. The van der Waals surface area contributed by atoms with Crippen molar-refractivity contribution in [3.63, 3.8) is 0 Å². The molecule has 0 aliphatic carbocycles. The van der Waals surface area contributed by atoms with Gasteiger partial charge in [-0.1, -0.05) is 0 Å². The van der Waals surface area contributed by atoms with Gasteiger partial charge in [0.25, 0.3) is 5.91 Å². The molecular weight excluding hydrogens is 190 g/mol. The van der Waals surface area contributed by atoms with Crippen molar-refractivity contribution in [1.82, 2.24) is 15.6 Å². The van der Waals surface area contributed by atoms with E-state index in [2.05, 4.69) is 15.6 Å². The number of hydrogen-bond donors (Lipinski definition) is 2. The summed E-state index contributed by atoms with van der Waals surface area (Å²) in [6.45, 7) is 1.85. The number of imide groups is 1. The molecule has 1 saturated heterocycles. The fourth-order valence-electron chi connectivity index (χ4n) is 1.14. The number of aryl methyl sites for hydroxylation is 1. The molecule has 5 nitrogen and oxygen atoms in total. The molecule has 0 bridgehead atoms. The summed E-state index contributed by atoms with van der Waals surface area (Å²) in [6.07, 6.45) is 0. The van der Waals surface area contributed by atoms with Gasteiger partial charge < -0.3 is 5.32 Å². The molecule has 1 fully saturated rings. The van der Waals surface area contributed by atoms with E-state index in [1.54, 1.807) is 5.38 Å². The van der Waals surface area contributed by atoms with E-state index >= 15 is 0 Å². The molecular formula is C7H7N3O2S. The highest BCUT2D eigenvalue weighted by Crippen LogP contribution is 2.18. The zero-order valence-corrected chi connectivity index (χ0v) is 7.64. The first kappa shape index (κ1) is 8.18. The van der Waals surface area contributed by atoms with E-state index in [1.807, 2.05) is 6.92 Å². The summed E-state index contributed by atoms with van der Waals surface area (Å²) in [5.41, 5.74) is 0.603. The number of carbonyl (C=O) groups is 2. The molecule has 2 N–H and O–H groups in total. The number of thiazole rings is 1. The van der Waals surface area contributed by atoms with Gasteiger partial charge in [0.2, 0.25) is 0 Å². The van der Waals surface area contributed by atoms with Gasteiger partial charge in [0, 0.05) is 5.38 Å². The van der Waals surface area contributed by atoms with Crippen LogP contribution in [0.3, 0.4) is 0 Å². The summed E-state index contributed by atoms with van der Waals surface area (Å²) < 4.78 is 0. The Morgan fingerprint density at radius 2 is 2.31 bits per heavy atom. The van der Waals surface area contributed by atoms with Gasteiger partial charge in [-0.2, -0.15) is 0 Å². The van der Waals surface area contributed by atoms with E-state index < -0.39 is 12.1 Å². The second kappa shape index (κ2) is 2.81. The molecule has 1 unspecified atom stereocenters. The summed E-state index contributed by atoms with van der Waals surface area (Å²) in [5, 5.41) is 7.28. The Bertz CT molecular complexity index is 374. The Kier molecular flexibility index (Phi) is 1.77. The van der Waals surface area contributed by atoms with Crippen LogP contribution in [0.15, 0.2) is 5.38 Å². The van der Waals surface area contributed by atoms with Crippen LogP contribution in [0.2, 0.25) is 0 Å². The molecule has 0 spiro atoms. The van der Waals surface area contributed by atoms with Gasteiger partial charge in [-0.15, -0.1) is 11.3 Å². The number of carbonyl (C=O) groups excluding carboxylic acids is 2. The van der Waals surface area contributed by atoms with Crippen molar-refractivity contribution >= 4 is 23.3 Å². The van der Waals surface area contributed by atoms with Crippen LogP contribution in [0.25, 0.3) is 0 Å². The molecule has 1 atom stereocenters. The first-order chi connectivity index (χ1) is 6.16. The highest BCUT2D eigenvalue weighted by atomic mass is 32.1. The summed E-state index contributed by atoms with van der Waals surface area (Å²) >= 11 is 1.45. The van der Waals surface area contributed by atoms with Crippen LogP contribution in [-0.4, -0.2) is 16.9 Å². The highest BCUT2D eigenvalue weighted by molar-refractivity contribution is 7.09. The predicted octanol–water partition coefficient (Wildman–Crippen LogP) is 0.332. The first-order valence-corrected chi connectivity index (χ1v) is 4.58. The topological polar surface area (TPSA) is 71.1 Å². The fraction of sp³-hybridized carbons (Fsp3) is 0.286. The third-order valence-corrected chi connectivity index (χ3v) is 2.50. The molecule has 0 radical (unpaired) electrons. The van der Waals surface area contributed by atoms with E-state index in [-0.39, 0.29) is 5.91 Å². The molecule has 13 heavy (non-hydrogen) atoms. The summed E-state index contributed by atoms with van der Waals surface area (Å²) in [7, 11) is 0. The Balaban J connectivity index is 2.27. The molecule has 2 heterocycles. The molecule has 6 heteroatoms. The molecule has 68 valence electrons. The average Bonchev–Trinajstić information content (AvgIpc) is 2.58. The number of hydrogen-bond acceptors (Lipinski definition) is 4. The van der Waals surface area contributed by atoms with Gasteiger partial charge in [0.15, 0.2) is 6.04 Å². The standard InChI is InChI=1S/C7H7N3O2S/c1-3-8-4(2-13-3)5-6(11)10-7(12)9-5/h2,5H,1H3,(H2,9,10,11,12). The quantitative estimate of drug-likeness (QED) is 0.637. The Morgan fingerprint density at radius 3 is 2.77 bits per heavy atom. The van der Waals surface area contributed by atoms with Gasteiger partial charge in [-0.05, 0) is 6.92 Å². The monoisotopic (exact) mass is 197 g/mol. The smallest absolute Gasteiger partial charge is 0.321 e. The largest absolute Gasteiger partial charge is 0.322 e. The van der Waals surface area contributed by atoms with Gasteiger partial charge in [0.1, 0.15) is 0 Å². The Hall–Kier alpha value is -1.43. The van der Waals surface area contributed by atoms with Crippen LogP contribution in [0.5, 0.6) is 0 Å². The minimum absolute atomic E-state index is 0.338. The van der Waals surface area contributed by atoms with E-state index in [1.165, 1.54) is 11.3 Å². The van der Waals surface area contributed by atoms with Crippen LogP contribution in [0, 0.1) is 6.92 Å². The van der Waals surface area contributed by atoms with Crippen LogP contribution < -0.4 is 10.6 Å². The van der Waals surface area contributed by atoms with E-state index in [4.69, 9.17) is 0 Å². The minimum Gasteiger partial charge on any atom is -0.321 e. The number of nitrogens with one attached hydrogen (secondary N) is 2. The molecule has 0 aromatic carbocycles. The highest BCUT2D eigenvalue weighted by Gasteiger charge is 2.32. The Morgan fingerprint density at radius 1 is 1.54 bits per heavy atom. The summed E-state index contributed by atoms with van der Waals surface area (Å²) in [4.78, 5) is 26.1. The van der Waals surface area contributed by atoms with Crippen molar-refractivity contribution in [2.45, 2.75) is 13.0 Å². The number of nitrogens with zero attached hydrogens (tertiary/aromatic N) is 1. The second-order valence-electron chi connectivity index (χ2n) is 2.69. The lowest BCUT2D eigenvalue weighted by Crippen LogP contribution is -2.22. The van der Waals surface area contributed by atoms with Gasteiger partial charge in [-0.3, -0.25) is 10.1 Å². The van der Waals surface area contributed by atoms with Gasteiger partial charge in [0.05, 0.1) is 10.7 Å². The first-order valence-electron chi connectivity index (χ1n) is 3.70. The third kappa shape index (κ3) is 1.40. The number of rotatable bonds is 1. The van der Waals surface area contributed by atoms with Gasteiger partial charge in [-0.25, -0.2) is 9.78 Å². The van der Waals surface area contributed by atoms with E-state index in [0.717, 1.165) is 5.01 Å². The zero-order valence-electron chi connectivity index (χ0n) is 6.83. The molecule has 2 rings (SSSR count). The summed E-state index contributed by atoms with van der Waals surface area (Å²) in [5.74, 6) is -0.338. The lowest BCUT2D eigenvalue weighted by molar-refractivity contribution is -0.120. The molecule has 0 saturated carbocycles. The van der Waals surface area contributed by atoms with E-state index in [0.29, 0.717) is 5.69 Å². The number of amides is 3. The lowest BCUT2D eigenvalue weighted by atomic mass is 10.2. The molecule has 1 aromatic heterocycles. The average molecular weight is 197 g/mol. The fourth-order valence-corrected chi connectivity index (χ4v) is 1.78. The van der Waals surface area contributed by atoms with Crippen LogP contribution in [-0.2, 0) is 4.79 Å². The SMILES string of the molecule is Cc1nc(C2NC(=O)NC2=O)cs1. The zero-order chi connectivity index (χ0) is 9.42. The van der Waals surface area contributed by atoms with Crippen molar-refractivity contribution in [1.29, 1.82) is 0 Å². The number of aromatic nitrogens is 1. The second-order valence-corrected chi connectivity index (χ2v) is 3.75. The van der Waals surface area contributed by atoms with Crippen molar-refractivity contribution in [3.8, 4) is 0 Å². The van der Waals surface area contributed by atoms with Crippen molar-refractivity contribution in [2.75, 3.05) is 0 Å². The number of urea groups is 1.